The monoisotopic (exact) mass is 380 g/mol. The number of imide groups is 1. The number of nitrogens with zero attached hydrogens (tertiary/aromatic N) is 1. The number of sulfonamides is 1. The molecule has 1 fully saturated rings. The number of nitrogens with one attached hydrogen (secondary N) is 1. The van der Waals surface area contributed by atoms with Crippen LogP contribution < -0.4 is 5.32 Å². The van der Waals surface area contributed by atoms with E-state index in [4.69, 9.17) is 11.6 Å². The zero-order valence-electron chi connectivity index (χ0n) is 10.3. The Morgan fingerprint density at radius 3 is 2.65 bits per heavy atom. The van der Waals surface area contributed by atoms with Crippen LogP contribution in [-0.2, 0) is 19.6 Å². The smallest absolute Gasteiger partial charge is 0.245 e. The molecule has 1 N–H and O–H groups in total. The van der Waals surface area contributed by atoms with Crippen LogP contribution >= 0.6 is 27.5 Å². The lowest BCUT2D eigenvalue weighted by molar-refractivity contribution is -0.136. The van der Waals surface area contributed by atoms with Gasteiger partial charge in [-0.05, 0) is 25.1 Å². The summed E-state index contributed by atoms with van der Waals surface area (Å²) in [6.45, 7) is 0.994. The van der Waals surface area contributed by atoms with Gasteiger partial charge in [-0.2, -0.15) is 4.31 Å². The van der Waals surface area contributed by atoms with Gasteiger partial charge in [0.1, 0.15) is 10.9 Å². The SMILES string of the molecule is CC1C(=O)NC(=O)CN1S(=O)(=O)c1ccc(Br)cc1Cl. The molecule has 6 nitrogen and oxygen atoms in total. The zero-order valence-corrected chi connectivity index (χ0v) is 13.4. The molecule has 1 aromatic carbocycles. The number of carbonyl (C=O) groups is 2. The summed E-state index contributed by atoms with van der Waals surface area (Å²) in [5.74, 6) is -1.32. The minimum Gasteiger partial charge on any atom is -0.294 e. The molecular formula is C11H10BrClN2O4S. The van der Waals surface area contributed by atoms with Crippen LogP contribution in [0.2, 0.25) is 5.02 Å². The molecule has 1 aliphatic rings. The number of benzene rings is 1. The lowest BCUT2D eigenvalue weighted by atomic mass is 10.2. The molecule has 0 spiro atoms. The molecule has 0 saturated carbocycles. The van der Waals surface area contributed by atoms with Gasteiger partial charge in [-0.3, -0.25) is 14.9 Å². The number of amides is 2. The van der Waals surface area contributed by atoms with E-state index in [1.807, 2.05) is 0 Å². The van der Waals surface area contributed by atoms with Crippen molar-refractivity contribution in [3.8, 4) is 0 Å². The second kappa shape index (κ2) is 5.44. The fraction of sp³-hybridized carbons (Fsp3) is 0.273. The Morgan fingerprint density at radius 1 is 1.40 bits per heavy atom. The summed E-state index contributed by atoms with van der Waals surface area (Å²) in [6.07, 6.45) is 0. The van der Waals surface area contributed by atoms with Crippen molar-refractivity contribution >= 4 is 49.4 Å². The second-order valence-corrected chi connectivity index (χ2v) is 7.40. The molecule has 2 rings (SSSR count). The maximum absolute atomic E-state index is 12.5. The Morgan fingerprint density at radius 2 is 2.05 bits per heavy atom. The number of carbonyl (C=O) groups excluding carboxylic acids is 2. The molecule has 1 aromatic rings. The largest absolute Gasteiger partial charge is 0.294 e. The van der Waals surface area contributed by atoms with Crippen LogP contribution in [0.15, 0.2) is 27.6 Å². The van der Waals surface area contributed by atoms with Crippen LogP contribution in [0.4, 0.5) is 0 Å². The van der Waals surface area contributed by atoms with Crippen LogP contribution in [0, 0.1) is 0 Å². The van der Waals surface area contributed by atoms with E-state index in [0.29, 0.717) is 4.47 Å². The standard InChI is InChI=1S/C11H10BrClN2O4S/c1-6-11(17)14-10(16)5-15(6)20(18,19)9-3-2-7(12)4-8(9)13/h2-4,6H,5H2,1H3,(H,14,16,17). The lowest BCUT2D eigenvalue weighted by Crippen LogP contribution is -2.58. The van der Waals surface area contributed by atoms with Gasteiger partial charge in [-0.1, -0.05) is 27.5 Å². The minimum absolute atomic E-state index is 0.0185. The van der Waals surface area contributed by atoms with Crippen molar-refractivity contribution in [3.63, 3.8) is 0 Å². The Bertz CT molecular complexity index is 692. The molecule has 1 atom stereocenters. The number of rotatable bonds is 2. The Labute approximate surface area is 129 Å². The van der Waals surface area contributed by atoms with Gasteiger partial charge in [0.25, 0.3) is 0 Å². The maximum Gasteiger partial charge on any atom is 0.245 e. The van der Waals surface area contributed by atoms with Crippen LogP contribution in [-0.4, -0.2) is 37.1 Å². The van der Waals surface area contributed by atoms with Crippen molar-refractivity contribution < 1.29 is 18.0 Å². The van der Waals surface area contributed by atoms with Crippen molar-refractivity contribution in [3.05, 3.63) is 27.7 Å². The third kappa shape index (κ3) is 2.73. The highest BCUT2D eigenvalue weighted by molar-refractivity contribution is 9.10. The van der Waals surface area contributed by atoms with Crippen LogP contribution in [0.5, 0.6) is 0 Å². The number of hydrogen-bond acceptors (Lipinski definition) is 4. The van der Waals surface area contributed by atoms with Crippen molar-refractivity contribution in [1.82, 2.24) is 9.62 Å². The molecule has 1 unspecified atom stereocenters. The van der Waals surface area contributed by atoms with Gasteiger partial charge < -0.3 is 0 Å². The Kier molecular flexibility index (Phi) is 4.19. The van der Waals surface area contributed by atoms with Crippen LogP contribution in [0.25, 0.3) is 0 Å². The van der Waals surface area contributed by atoms with E-state index in [-0.39, 0.29) is 9.92 Å². The van der Waals surface area contributed by atoms with Crippen molar-refractivity contribution in [2.45, 2.75) is 17.9 Å². The summed E-state index contributed by atoms with van der Waals surface area (Å²) in [6, 6.07) is 3.31. The predicted octanol–water partition coefficient (Wildman–Crippen LogP) is 1.14. The summed E-state index contributed by atoms with van der Waals surface area (Å²) >= 11 is 9.11. The van der Waals surface area contributed by atoms with E-state index in [2.05, 4.69) is 21.2 Å². The van der Waals surface area contributed by atoms with Gasteiger partial charge in [-0.25, -0.2) is 8.42 Å². The third-order valence-electron chi connectivity index (χ3n) is 2.85. The normalized spacial score (nSPS) is 20.9. The summed E-state index contributed by atoms with van der Waals surface area (Å²) in [5.41, 5.74) is 0. The van der Waals surface area contributed by atoms with Crippen LogP contribution in [0.3, 0.4) is 0 Å². The first kappa shape index (κ1) is 15.4. The van der Waals surface area contributed by atoms with Gasteiger partial charge >= 0.3 is 0 Å². The van der Waals surface area contributed by atoms with Crippen molar-refractivity contribution in [1.29, 1.82) is 0 Å². The fourth-order valence-corrected chi connectivity index (χ4v) is 4.36. The predicted molar refractivity (Wildman–Crippen MR) is 75.7 cm³/mol. The zero-order chi connectivity index (χ0) is 15.1. The Balaban J connectivity index is 2.48. The number of hydrogen-bond donors (Lipinski definition) is 1. The molecule has 2 amide bonds. The van der Waals surface area contributed by atoms with E-state index < -0.39 is 34.4 Å². The maximum atomic E-state index is 12.5. The van der Waals surface area contributed by atoms with E-state index in [0.717, 1.165) is 4.31 Å². The van der Waals surface area contributed by atoms with Gasteiger partial charge in [0.2, 0.25) is 21.8 Å². The summed E-state index contributed by atoms with van der Waals surface area (Å²) in [7, 11) is -4.03. The second-order valence-electron chi connectivity index (χ2n) is 4.21. The molecule has 0 bridgehead atoms. The summed E-state index contributed by atoms with van der Waals surface area (Å²) in [4.78, 5) is 22.8. The quantitative estimate of drug-likeness (QED) is 0.779. The molecule has 0 radical (unpaired) electrons. The number of piperazine rings is 1. The van der Waals surface area contributed by atoms with Gasteiger partial charge in [0.05, 0.1) is 11.6 Å². The Hall–Kier alpha value is -0.960. The van der Waals surface area contributed by atoms with Gasteiger partial charge in [0.15, 0.2) is 0 Å². The average molecular weight is 382 g/mol. The molecule has 0 aliphatic carbocycles. The van der Waals surface area contributed by atoms with E-state index in [1.54, 1.807) is 0 Å². The molecule has 20 heavy (non-hydrogen) atoms. The third-order valence-corrected chi connectivity index (χ3v) is 5.75. The average Bonchev–Trinajstić information content (AvgIpc) is 2.33. The fourth-order valence-electron chi connectivity index (χ4n) is 1.79. The van der Waals surface area contributed by atoms with Gasteiger partial charge in [-0.15, -0.1) is 0 Å². The van der Waals surface area contributed by atoms with E-state index in [1.165, 1.54) is 25.1 Å². The topological polar surface area (TPSA) is 83.6 Å². The molecule has 0 aromatic heterocycles. The van der Waals surface area contributed by atoms with E-state index >= 15 is 0 Å². The highest BCUT2D eigenvalue weighted by atomic mass is 79.9. The lowest BCUT2D eigenvalue weighted by Gasteiger charge is -2.30. The first-order valence-electron chi connectivity index (χ1n) is 5.54. The highest BCUT2D eigenvalue weighted by Gasteiger charge is 2.39. The first-order valence-corrected chi connectivity index (χ1v) is 8.15. The summed E-state index contributed by atoms with van der Waals surface area (Å²) in [5, 5.41) is 2.10. The van der Waals surface area contributed by atoms with Crippen LogP contribution in [0.1, 0.15) is 6.92 Å². The molecule has 1 aliphatic heterocycles. The summed E-state index contributed by atoms with van der Waals surface area (Å²) < 4.78 is 26.5. The molecule has 1 saturated heterocycles. The molecular weight excluding hydrogens is 372 g/mol. The first-order chi connectivity index (χ1) is 9.23. The highest BCUT2D eigenvalue weighted by Crippen LogP contribution is 2.29. The minimum atomic E-state index is -4.03. The van der Waals surface area contributed by atoms with E-state index in [9.17, 15) is 18.0 Å². The molecule has 108 valence electrons. The van der Waals surface area contributed by atoms with Crippen molar-refractivity contribution in [2.24, 2.45) is 0 Å². The number of halogens is 2. The molecule has 1 heterocycles. The van der Waals surface area contributed by atoms with Gasteiger partial charge in [0, 0.05) is 4.47 Å². The van der Waals surface area contributed by atoms with Crippen molar-refractivity contribution in [2.75, 3.05) is 6.54 Å². The molecule has 9 heteroatoms.